The van der Waals surface area contributed by atoms with E-state index in [0.29, 0.717) is 51.0 Å². The Morgan fingerprint density at radius 1 is 1.12 bits per heavy atom. The third-order valence-electron chi connectivity index (χ3n) is 6.38. The summed E-state index contributed by atoms with van der Waals surface area (Å²) < 4.78 is 34.6. The maximum Gasteiger partial charge on any atom is 0.419 e. The topological polar surface area (TPSA) is 102 Å². The van der Waals surface area contributed by atoms with Crippen molar-refractivity contribution in [3.8, 4) is 0 Å². The van der Waals surface area contributed by atoms with Crippen LogP contribution in [0.1, 0.15) is 43.7 Å². The highest BCUT2D eigenvalue weighted by molar-refractivity contribution is 7.89. The second kappa shape index (κ2) is 10.1. The zero-order chi connectivity index (χ0) is 24.3. The van der Waals surface area contributed by atoms with Gasteiger partial charge in [-0.2, -0.15) is 4.31 Å². The maximum absolute atomic E-state index is 13.2. The highest BCUT2D eigenvalue weighted by Gasteiger charge is 2.30. The lowest BCUT2D eigenvalue weighted by Gasteiger charge is -2.31. The second-order valence-electron chi connectivity index (χ2n) is 8.96. The van der Waals surface area contributed by atoms with Gasteiger partial charge in [-0.05, 0) is 49.8 Å². The van der Waals surface area contributed by atoms with Gasteiger partial charge in [-0.25, -0.2) is 13.2 Å². The smallest absolute Gasteiger partial charge is 0.408 e. The molecule has 0 saturated carbocycles. The number of hydrogen-bond acceptors (Lipinski definition) is 5. The van der Waals surface area contributed by atoms with Gasteiger partial charge in [0, 0.05) is 38.7 Å². The molecule has 182 valence electrons. The van der Waals surface area contributed by atoms with E-state index in [-0.39, 0.29) is 22.3 Å². The summed E-state index contributed by atoms with van der Waals surface area (Å²) in [6.07, 6.45) is 2.41. The highest BCUT2D eigenvalue weighted by Crippen LogP contribution is 2.27. The van der Waals surface area contributed by atoms with E-state index < -0.39 is 15.8 Å². The van der Waals surface area contributed by atoms with Crippen LogP contribution in [0.25, 0.3) is 11.1 Å². The molecule has 4 rings (SSSR count). The van der Waals surface area contributed by atoms with Crippen LogP contribution in [0.3, 0.4) is 0 Å². The highest BCUT2D eigenvalue weighted by atomic mass is 32.2. The van der Waals surface area contributed by atoms with Crippen LogP contribution < -0.4 is 11.1 Å². The number of sulfonamides is 1. The Bertz CT molecular complexity index is 1320. The van der Waals surface area contributed by atoms with E-state index in [0.717, 1.165) is 12.0 Å². The molecule has 2 aromatic carbocycles. The van der Waals surface area contributed by atoms with E-state index in [1.165, 1.54) is 26.6 Å². The van der Waals surface area contributed by atoms with Crippen LogP contribution in [-0.2, 0) is 27.9 Å². The zero-order valence-electron chi connectivity index (χ0n) is 19.6. The van der Waals surface area contributed by atoms with Gasteiger partial charge in [0.25, 0.3) is 0 Å². The summed E-state index contributed by atoms with van der Waals surface area (Å²) in [6.45, 7) is 5.71. The first-order valence-corrected chi connectivity index (χ1v) is 13.2. The van der Waals surface area contributed by atoms with Crippen molar-refractivity contribution in [3.63, 3.8) is 0 Å². The number of aromatic nitrogens is 1. The molecule has 0 aliphatic carbocycles. The summed E-state index contributed by atoms with van der Waals surface area (Å²) in [5, 5.41) is 2.96. The Hall–Kier alpha value is -2.91. The maximum atomic E-state index is 13.2. The molecule has 0 radical (unpaired) electrons. The largest absolute Gasteiger partial charge is 0.419 e. The van der Waals surface area contributed by atoms with Gasteiger partial charge in [0.15, 0.2) is 5.58 Å². The third kappa shape index (κ3) is 5.26. The molecule has 1 aromatic heterocycles. The van der Waals surface area contributed by atoms with Gasteiger partial charge in [0.2, 0.25) is 15.9 Å². The van der Waals surface area contributed by atoms with Crippen molar-refractivity contribution in [2.24, 2.45) is 5.92 Å². The number of carbonyl (C=O) groups is 1. The van der Waals surface area contributed by atoms with Gasteiger partial charge < -0.3 is 9.73 Å². The summed E-state index contributed by atoms with van der Waals surface area (Å²) >= 11 is 0. The lowest BCUT2D eigenvalue weighted by atomic mass is 9.94. The number of nitrogens with zero attached hydrogens (tertiary/aromatic N) is 2. The Kier molecular flexibility index (Phi) is 7.23. The summed E-state index contributed by atoms with van der Waals surface area (Å²) in [5.74, 6) is -0.347. The van der Waals surface area contributed by atoms with Crippen molar-refractivity contribution in [1.82, 2.24) is 14.2 Å². The minimum Gasteiger partial charge on any atom is -0.408 e. The van der Waals surface area contributed by atoms with Crippen LogP contribution in [0.15, 0.2) is 56.6 Å². The van der Waals surface area contributed by atoms with Crippen LogP contribution >= 0.6 is 0 Å². The van der Waals surface area contributed by atoms with E-state index in [2.05, 4.69) is 5.32 Å². The number of benzene rings is 2. The van der Waals surface area contributed by atoms with E-state index in [4.69, 9.17) is 4.42 Å². The van der Waals surface area contributed by atoms with Crippen molar-refractivity contribution in [2.75, 3.05) is 13.1 Å². The molecule has 0 unspecified atom stereocenters. The van der Waals surface area contributed by atoms with Crippen LogP contribution in [0, 0.1) is 12.8 Å². The van der Waals surface area contributed by atoms with Crippen LogP contribution in [0.2, 0.25) is 0 Å². The molecule has 1 aliphatic heterocycles. The van der Waals surface area contributed by atoms with Gasteiger partial charge in [-0.3, -0.25) is 9.36 Å². The fourth-order valence-electron chi connectivity index (χ4n) is 4.39. The summed E-state index contributed by atoms with van der Waals surface area (Å²) in [5.41, 5.74) is 3.11. The van der Waals surface area contributed by atoms with Crippen molar-refractivity contribution >= 4 is 27.0 Å². The molecule has 1 fully saturated rings. The van der Waals surface area contributed by atoms with Crippen LogP contribution in [0.5, 0.6) is 0 Å². The van der Waals surface area contributed by atoms with E-state index >= 15 is 0 Å². The van der Waals surface area contributed by atoms with Crippen molar-refractivity contribution in [2.45, 2.75) is 57.5 Å². The van der Waals surface area contributed by atoms with Gasteiger partial charge >= 0.3 is 5.76 Å². The molecule has 0 atom stereocenters. The molecule has 34 heavy (non-hydrogen) atoms. The molecule has 3 aromatic rings. The molecule has 8 nitrogen and oxygen atoms in total. The van der Waals surface area contributed by atoms with Crippen molar-refractivity contribution < 1.29 is 17.6 Å². The predicted molar refractivity (Wildman–Crippen MR) is 130 cm³/mol. The number of rotatable bonds is 8. The number of piperidine rings is 1. The quantitative estimate of drug-likeness (QED) is 0.527. The van der Waals surface area contributed by atoms with Crippen molar-refractivity contribution in [3.05, 3.63) is 64.1 Å². The Morgan fingerprint density at radius 2 is 1.82 bits per heavy atom. The van der Waals surface area contributed by atoms with E-state index in [9.17, 15) is 18.0 Å². The number of hydrogen-bond donors (Lipinski definition) is 1. The minimum absolute atomic E-state index is 0.0149. The van der Waals surface area contributed by atoms with Gasteiger partial charge in [0.1, 0.15) is 0 Å². The van der Waals surface area contributed by atoms with Crippen molar-refractivity contribution in [1.29, 1.82) is 0 Å². The molecule has 1 amide bonds. The first-order valence-electron chi connectivity index (χ1n) is 11.7. The predicted octanol–water partition coefficient (Wildman–Crippen LogP) is 3.42. The lowest BCUT2D eigenvalue weighted by Crippen LogP contribution is -2.39. The minimum atomic E-state index is -3.71. The van der Waals surface area contributed by atoms with E-state index in [1.807, 2.05) is 38.1 Å². The Labute approximate surface area is 199 Å². The van der Waals surface area contributed by atoms with Gasteiger partial charge in [-0.1, -0.05) is 36.8 Å². The SMILES string of the molecule is CCCn1c(=O)oc2cc(S(=O)(=O)N3CCC(CC(=O)NCc4ccc(C)cc4)CC3)ccc21. The number of amides is 1. The molecule has 0 bridgehead atoms. The third-order valence-corrected chi connectivity index (χ3v) is 8.28. The van der Waals surface area contributed by atoms with Gasteiger partial charge in [0.05, 0.1) is 10.4 Å². The molecular weight excluding hydrogens is 454 g/mol. The molecule has 1 saturated heterocycles. The number of fused-ring (bicyclic) bond motifs is 1. The number of nitrogens with one attached hydrogen (secondary N) is 1. The number of aryl methyl sites for hydroxylation is 2. The molecule has 1 N–H and O–H groups in total. The standard InChI is InChI=1S/C25H31N3O5S/c1-3-12-28-22-9-8-21(16-23(22)33-25(28)30)34(31,32)27-13-10-19(11-14-27)15-24(29)26-17-20-6-4-18(2)5-7-20/h4-9,16,19H,3,10-15,17H2,1-2H3,(H,26,29). The molecular formula is C25H31N3O5S. The Balaban J connectivity index is 1.34. The normalized spacial score (nSPS) is 15.6. The van der Waals surface area contributed by atoms with E-state index in [1.54, 1.807) is 6.07 Å². The average Bonchev–Trinajstić information content (AvgIpc) is 3.13. The fraction of sp³-hybridized carbons (Fsp3) is 0.440. The Morgan fingerprint density at radius 3 is 2.50 bits per heavy atom. The van der Waals surface area contributed by atoms with Crippen LogP contribution in [-0.4, -0.2) is 36.3 Å². The lowest BCUT2D eigenvalue weighted by molar-refractivity contribution is -0.122. The summed E-state index contributed by atoms with van der Waals surface area (Å²) in [4.78, 5) is 24.5. The molecule has 9 heteroatoms. The zero-order valence-corrected chi connectivity index (χ0v) is 20.4. The number of oxazole rings is 1. The average molecular weight is 486 g/mol. The summed E-state index contributed by atoms with van der Waals surface area (Å²) in [6, 6.07) is 12.6. The van der Waals surface area contributed by atoms with Gasteiger partial charge in [-0.15, -0.1) is 0 Å². The number of carbonyl (C=O) groups excluding carboxylic acids is 1. The first-order chi connectivity index (χ1) is 16.3. The summed E-state index contributed by atoms with van der Waals surface area (Å²) in [7, 11) is -3.71. The van der Waals surface area contributed by atoms with Crippen LogP contribution in [0.4, 0.5) is 0 Å². The monoisotopic (exact) mass is 485 g/mol. The fourth-order valence-corrected chi connectivity index (χ4v) is 5.87. The second-order valence-corrected chi connectivity index (χ2v) is 10.9. The first kappa shape index (κ1) is 24.2. The molecule has 2 heterocycles. The molecule has 0 spiro atoms. The molecule has 1 aliphatic rings.